The van der Waals surface area contributed by atoms with Gasteiger partial charge in [-0.05, 0) is 18.3 Å². The summed E-state index contributed by atoms with van der Waals surface area (Å²) in [7, 11) is 0. The van der Waals surface area contributed by atoms with Crippen LogP contribution < -0.4 is 5.32 Å². The highest BCUT2D eigenvalue weighted by Gasteiger charge is 2.40. The summed E-state index contributed by atoms with van der Waals surface area (Å²) in [6, 6.07) is -0.354. The molecule has 4 N–H and O–H groups in total. The molecular formula is C12H20N2O5. The Bertz CT molecular complexity index is 359. The first-order chi connectivity index (χ1) is 8.92. The number of nitrogens with zero attached hydrogens (tertiary/aromatic N) is 1. The van der Waals surface area contributed by atoms with E-state index in [-0.39, 0.29) is 31.0 Å². The molecule has 0 aromatic rings. The molecule has 2 unspecified atom stereocenters. The zero-order valence-electron chi connectivity index (χ0n) is 10.7. The van der Waals surface area contributed by atoms with E-state index in [2.05, 4.69) is 5.32 Å². The molecule has 2 atom stereocenters. The number of carbonyl (C=O) groups is 2. The number of carbonyl (C=O) groups excluding carboxylic acids is 1. The standard InChI is InChI=1S/C12H20N2O5/c15-8-5-14(6-9(8)16)11(19)13-7-12(2-1-3-12)4-10(17)18/h8-9,15-16H,1-7H2,(H,13,19)(H,17,18). The minimum Gasteiger partial charge on any atom is -0.481 e. The maximum Gasteiger partial charge on any atom is 0.317 e. The minimum atomic E-state index is -0.901. The summed E-state index contributed by atoms with van der Waals surface area (Å²) in [6.07, 6.45) is 0.878. The number of amides is 2. The smallest absolute Gasteiger partial charge is 0.317 e. The Balaban J connectivity index is 1.81. The molecule has 0 aromatic heterocycles. The van der Waals surface area contributed by atoms with Crippen molar-refractivity contribution in [1.82, 2.24) is 10.2 Å². The highest BCUT2D eigenvalue weighted by Crippen LogP contribution is 2.43. The van der Waals surface area contributed by atoms with Gasteiger partial charge in [-0.3, -0.25) is 4.79 Å². The Labute approximate surface area is 111 Å². The number of hydrogen-bond acceptors (Lipinski definition) is 4. The van der Waals surface area contributed by atoms with Gasteiger partial charge in [0.05, 0.1) is 31.7 Å². The number of rotatable bonds is 4. The molecule has 0 spiro atoms. The molecular weight excluding hydrogens is 252 g/mol. The van der Waals surface area contributed by atoms with Gasteiger partial charge < -0.3 is 25.5 Å². The Morgan fingerprint density at radius 2 is 1.79 bits per heavy atom. The van der Waals surface area contributed by atoms with Crippen molar-refractivity contribution in [1.29, 1.82) is 0 Å². The number of nitrogens with one attached hydrogen (secondary N) is 1. The second-order valence-electron chi connectivity index (χ2n) is 5.62. The van der Waals surface area contributed by atoms with Gasteiger partial charge in [0.15, 0.2) is 0 Å². The number of aliphatic hydroxyl groups is 2. The third-order valence-corrected chi connectivity index (χ3v) is 4.10. The quantitative estimate of drug-likeness (QED) is 0.545. The zero-order chi connectivity index (χ0) is 14.0. The number of aliphatic hydroxyl groups excluding tert-OH is 2. The summed E-state index contributed by atoms with van der Waals surface area (Å²) >= 11 is 0. The minimum absolute atomic E-state index is 0.0680. The van der Waals surface area contributed by atoms with Crippen molar-refractivity contribution in [3.8, 4) is 0 Å². The lowest BCUT2D eigenvalue weighted by atomic mass is 9.66. The van der Waals surface area contributed by atoms with E-state index < -0.39 is 18.2 Å². The lowest BCUT2D eigenvalue weighted by Gasteiger charge is -2.41. The number of urea groups is 1. The van der Waals surface area contributed by atoms with Crippen LogP contribution in [0.25, 0.3) is 0 Å². The van der Waals surface area contributed by atoms with E-state index in [1.165, 1.54) is 4.90 Å². The number of hydrogen-bond donors (Lipinski definition) is 4. The predicted molar refractivity (Wildman–Crippen MR) is 65.5 cm³/mol. The molecule has 108 valence electrons. The average Bonchev–Trinajstić information content (AvgIpc) is 2.62. The van der Waals surface area contributed by atoms with Crippen LogP contribution in [0.15, 0.2) is 0 Å². The Hall–Kier alpha value is -1.34. The van der Waals surface area contributed by atoms with Gasteiger partial charge in [-0.2, -0.15) is 0 Å². The largest absolute Gasteiger partial charge is 0.481 e. The fraction of sp³-hybridized carbons (Fsp3) is 0.833. The Morgan fingerprint density at radius 3 is 2.21 bits per heavy atom. The number of β-amino-alcohol motifs (C(OH)–C–C–N with tert-alkyl or cyclic N) is 2. The van der Waals surface area contributed by atoms with E-state index in [1.807, 2.05) is 0 Å². The van der Waals surface area contributed by atoms with Gasteiger partial charge in [0, 0.05) is 6.54 Å². The van der Waals surface area contributed by atoms with Gasteiger partial charge in [0.1, 0.15) is 0 Å². The topological polar surface area (TPSA) is 110 Å². The van der Waals surface area contributed by atoms with E-state index in [1.54, 1.807) is 0 Å². The molecule has 1 aliphatic heterocycles. The van der Waals surface area contributed by atoms with Crippen LogP contribution in [0.1, 0.15) is 25.7 Å². The predicted octanol–water partition coefficient (Wildman–Crippen LogP) is -0.622. The molecule has 0 bridgehead atoms. The normalized spacial score (nSPS) is 28.8. The fourth-order valence-electron chi connectivity index (χ4n) is 2.72. The molecule has 1 heterocycles. The summed E-state index contributed by atoms with van der Waals surface area (Å²) in [6.45, 7) is 0.554. The number of likely N-dealkylation sites (tertiary alicyclic amines) is 1. The monoisotopic (exact) mass is 272 g/mol. The number of aliphatic carboxylic acids is 1. The zero-order valence-corrected chi connectivity index (χ0v) is 10.7. The fourth-order valence-corrected chi connectivity index (χ4v) is 2.72. The molecule has 0 radical (unpaired) electrons. The van der Waals surface area contributed by atoms with Crippen molar-refractivity contribution in [2.24, 2.45) is 5.41 Å². The molecule has 1 saturated heterocycles. The summed E-state index contributed by atoms with van der Waals surface area (Å²) in [5.74, 6) is -0.846. The van der Waals surface area contributed by atoms with E-state index in [0.717, 1.165) is 19.3 Å². The van der Waals surface area contributed by atoms with Crippen LogP contribution in [0, 0.1) is 5.41 Å². The molecule has 7 heteroatoms. The van der Waals surface area contributed by atoms with Gasteiger partial charge in [-0.25, -0.2) is 4.79 Å². The molecule has 7 nitrogen and oxygen atoms in total. The third-order valence-electron chi connectivity index (χ3n) is 4.10. The Morgan fingerprint density at radius 1 is 1.21 bits per heavy atom. The SMILES string of the molecule is O=C(O)CC1(CNC(=O)N2CC(O)C(O)C2)CCC1. The first-order valence-corrected chi connectivity index (χ1v) is 6.53. The average molecular weight is 272 g/mol. The molecule has 2 amide bonds. The van der Waals surface area contributed by atoms with Crippen molar-refractivity contribution in [3.63, 3.8) is 0 Å². The number of carboxylic acid groups (broad SMARTS) is 1. The number of carboxylic acids is 1. The van der Waals surface area contributed by atoms with Crippen molar-refractivity contribution < 1.29 is 24.9 Å². The third kappa shape index (κ3) is 3.16. The van der Waals surface area contributed by atoms with Crippen molar-refractivity contribution in [2.45, 2.75) is 37.9 Å². The lowest BCUT2D eigenvalue weighted by molar-refractivity contribution is -0.141. The van der Waals surface area contributed by atoms with Gasteiger partial charge >= 0.3 is 12.0 Å². The van der Waals surface area contributed by atoms with Gasteiger partial charge in [0.25, 0.3) is 0 Å². The molecule has 1 aliphatic carbocycles. The molecule has 2 rings (SSSR count). The van der Waals surface area contributed by atoms with Crippen LogP contribution in [0.4, 0.5) is 4.79 Å². The van der Waals surface area contributed by atoms with Crippen molar-refractivity contribution in [3.05, 3.63) is 0 Å². The van der Waals surface area contributed by atoms with E-state index in [9.17, 15) is 19.8 Å². The highest BCUT2D eigenvalue weighted by atomic mass is 16.4. The summed E-state index contributed by atoms with van der Waals surface area (Å²) in [5, 5.41) is 30.3. The van der Waals surface area contributed by atoms with E-state index >= 15 is 0 Å². The summed E-state index contributed by atoms with van der Waals surface area (Å²) < 4.78 is 0. The lowest BCUT2D eigenvalue weighted by Crippen LogP contribution is -2.47. The second-order valence-corrected chi connectivity index (χ2v) is 5.62. The van der Waals surface area contributed by atoms with Gasteiger partial charge in [0.2, 0.25) is 0 Å². The van der Waals surface area contributed by atoms with Crippen LogP contribution in [0.5, 0.6) is 0 Å². The van der Waals surface area contributed by atoms with E-state index in [4.69, 9.17) is 5.11 Å². The van der Waals surface area contributed by atoms with Crippen molar-refractivity contribution in [2.75, 3.05) is 19.6 Å². The molecule has 19 heavy (non-hydrogen) atoms. The van der Waals surface area contributed by atoms with Crippen LogP contribution >= 0.6 is 0 Å². The van der Waals surface area contributed by atoms with Gasteiger partial charge in [-0.1, -0.05) is 6.42 Å². The first kappa shape index (κ1) is 14.1. The van der Waals surface area contributed by atoms with Crippen LogP contribution in [0.2, 0.25) is 0 Å². The maximum absolute atomic E-state index is 11.9. The Kier molecular flexibility index (Phi) is 3.96. The van der Waals surface area contributed by atoms with E-state index in [0.29, 0.717) is 6.54 Å². The van der Waals surface area contributed by atoms with Crippen LogP contribution in [-0.2, 0) is 4.79 Å². The highest BCUT2D eigenvalue weighted by molar-refractivity contribution is 5.75. The van der Waals surface area contributed by atoms with Crippen molar-refractivity contribution >= 4 is 12.0 Å². The molecule has 1 saturated carbocycles. The first-order valence-electron chi connectivity index (χ1n) is 6.53. The molecule has 2 fully saturated rings. The summed E-state index contributed by atoms with van der Waals surface area (Å²) in [5.41, 5.74) is -0.321. The van der Waals surface area contributed by atoms with Crippen LogP contribution in [-0.4, -0.2) is 64.1 Å². The van der Waals surface area contributed by atoms with Gasteiger partial charge in [-0.15, -0.1) is 0 Å². The maximum atomic E-state index is 11.9. The van der Waals surface area contributed by atoms with Crippen LogP contribution in [0.3, 0.4) is 0 Å². The molecule has 2 aliphatic rings. The second kappa shape index (κ2) is 5.34. The summed E-state index contributed by atoms with van der Waals surface area (Å²) in [4.78, 5) is 24.0. The molecule has 0 aromatic carbocycles.